The Morgan fingerprint density at radius 1 is 0.900 bits per heavy atom. The van der Waals surface area contributed by atoms with E-state index in [1.807, 2.05) is 69.3 Å². The summed E-state index contributed by atoms with van der Waals surface area (Å²) in [6.45, 7) is 6.13. The van der Waals surface area contributed by atoms with Gasteiger partial charge in [-0.2, -0.15) is 0 Å². The lowest BCUT2D eigenvalue weighted by molar-refractivity contribution is -0.137. The van der Waals surface area contributed by atoms with E-state index >= 15 is 0 Å². The van der Waals surface area contributed by atoms with Crippen LogP contribution in [0, 0.1) is 20.8 Å². The molecule has 0 atom stereocenters. The number of imide groups is 1. The monoisotopic (exact) mass is 397 g/mol. The van der Waals surface area contributed by atoms with E-state index in [0.717, 1.165) is 33.5 Å². The zero-order valence-electron chi connectivity index (χ0n) is 17.3. The van der Waals surface area contributed by atoms with Crippen LogP contribution in [-0.2, 0) is 16.1 Å². The standard InChI is InChI=1S/C25H23N3O2/c1-16-6-4-8-20(13-16)27-23-22(21-10-9-17(2)12-18(21)3)24(29)28(25(23)30)15-19-7-5-11-26-14-19/h4-14,27H,15H2,1-3H3. The molecule has 0 unspecified atom stereocenters. The topological polar surface area (TPSA) is 62.3 Å². The predicted octanol–water partition coefficient (Wildman–Crippen LogP) is 4.40. The van der Waals surface area contributed by atoms with E-state index in [1.54, 1.807) is 18.5 Å². The van der Waals surface area contributed by atoms with Crippen molar-refractivity contribution < 1.29 is 9.59 Å². The first-order chi connectivity index (χ1) is 14.4. The Bertz CT molecular complexity index is 1170. The molecule has 5 nitrogen and oxygen atoms in total. The summed E-state index contributed by atoms with van der Waals surface area (Å²) in [6, 6.07) is 17.3. The summed E-state index contributed by atoms with van der Waals surface area (Å²) in [5, 5.41) is 3.22. The number of nitrogens with zero attached hydrogens (tertiary/aromatic N) is 2. The van der Waals surface area contributed by atoms with Gasteiger partial charge in [-0.05, 0) is 61.2 Å². The van der Waals surface area contributed by atoms with E-state index < -0.39 is 0 Å². The Labute approximate surface area is 176 Å². The van der Waals surface area contributed by atoms with Crippen molar-refractivity contribution in [1.29, 1.82) is 0 Å². The second-order valence-corrected chi connectivity index (χ2v) is 7.62. The highest BCUT2D eigenvalue weighted by Crippen LogP contribution is 2.33. The second-order valence-electron chi connectivity index (χ2n) is 7.62. The second kappa shape index (κ2) is 7.95. The van der Waals surface area contributed by atoms with Gasteiger partial charge in [0.15, 0.2) is 0 Å². The number of aromatic nitrogens is 1. The molecule has 0 saturated heterocycles. The number of nitrogens with one attached hydrogen (secondary N) is 1. The van der Waals surface area contributed by atoms with Crippen LogP contribution < -0.4 is 5.32 Å². The number of hydrogen-bond acceptors (Lipinski definition) is 4. The first-order valence-corrected chi connectivity index (χ1v) is 9.85. The molecule has 4 rings (SSSR count). The summed E-state index contributed by atoms with van der Waals surface area (Å²) in [4.78, 5) is 32.1. The average Bonchev–Trinajstić information content (AvgIpc) is 2.93. The van der Waals surface area contributed by atoms with Crippen molar-refractivity contribution in [2.75, 3.05) is 5.32 Å². The molecule has 2 amide bonds. The zero-order valence-corrected chi connectivity index (χ0v) is 17.3. The van der Waals surface area contributed by atoms with E-state index in [-0.39, 0.29) is 18.4 Å². The van der Waals surface area contributed by atoms with E-state index in [9.17, 15) is 9.59 Å². The van der Waals surface area contributed by atoms with Crippen molar-refractivity contribution in [3.63, 3.8) is 0 Å². The molecule has 1 N–H and O–H groups in total. The lowest BCUT2D eigenvalue weighted by Gasteiger charge is -2.15. The van der Waals surface area contributed by atoms with Gasteiger partial charge >= 0.3 is 0 Å². The highest BCUT2D eigenvalue weighted by molar-refractivity contribution is 6.36. The highest BCUT2D eigenvalue weighted by Gasteiger charge is 2.39. The molecule has 150 valence electrons. The quantitative estimate of drug-likeness (QED) is 0.648. The fraction of sp³-hybridized carbons (Fsp3) is 0.160. The minimum Gasteiger partial charge on any atom is -0.350 e. The van der Waals surface area contributed by atoms with Crippen molar-refractivity contribution in [3.8, 4) is 0 Å². The summed E-state index contributed by atoms with van der Waals surface area (Å²) in [5.41, 5.74) is 6.18. The van der Waals surface area contributed by atoms with Crippen LogP contribution in [0.25, 0.3) is 5.57 Å². The Morgan fingerprint density at radius 3 is 2.40 bits per heavy atom. The average molecular weight is 397 g/mol. The highest BCUT2D eigenvalue weighted by atomic mass is 16.2. The van der Waals surface area contributed by atoms with Gasteiger partial charge < -0.3 is 5.32 Å². The number of benzene rings is 2. The summed E-state index contributed by atoms with van der Waals surface area (Å²) in [5.74, 6) is -0.633. The van der Waals surface area contributed by atoms with Crippen LogP contribution >= 0.6 is 0 Å². The van der Waals surface area contributed by atoms with Crippen molar-refractivity contribution in [3.05, 3.63) is 101 Å². The van der Waals surface area contributed by atoms with Gasteiger partial charge in [-0.1, -0.05) is 42.0 Å². The van der Waals surface area contributed by atoms with Gasteiger partial charge in [0, 0.05) is 18.1 Å². The van der Waals surface area contributed by atoms with Gasteiger partial charge in [0.2, 0.25) is 0 Å². The maximum absolute atomic E-state index is 13.4. The summed E-state index contributed by atoms with van der Waals surface area (Å²) in [6.07, 6.45) is 3.34. The van der Waals surface area contributed by atoms with Crippen molar-refractivity contribution >= 4 is 23.1 Å². The largest absolute Gasteiger partial charge is 0.350 e. The number of aryl methyl sites for hydroxylation is 3. The summed E-state index contributed by atoms with van der Waals surface area (Å²) >= 11 is 0. The zero-order chi connectivity index (χ0) is 21.3. The van der Waals surface area contributed by atoms with Gasteiger partial charge in [-0.25, -0.2) is 0 Å². The van der Waals surface area contributed by atoms with Crippen LogP contribution in [0.4, 0.5) is 5.69 Å². The summed E-state index contributed by atoms with van der Waals surface area (Å²) < 4.78 is 0. The molecule has 3 aromatic rings. The van der Waals surface area contributed by atoms with Gasteiger partial charge in [0.25, 0.3) is 11.8 Å². The third kappa shape index (κ3) is 3.74. The van der Waals surface area contributed by atoms with E-state index in [1.165, 1.54) is 4.90 Å². The Hall–Kier alpha value is -3.73. The van der Waals surface area contributed by atoms with E-state index in [0.29, 0.717) is 11.3 Å². The van der Waals surface area contributed by atoms with Crippen LogP contribution in [0.15, 0.2) is 72.7 Å². The van der Waals surface area contributed by atoms with Crippen LogP contribution in [0.3, 0.4) is 0 Å². The number of hydrogen-bond donors (Lipinski definition) is 1. The van der Waals surface area contributed by atoms with Gasteiger partial charge in [0.05, 0.1) is 12.1 Å². The number of rotatable bonds is 5. The molecule has 1 aliphatic heterocycles. The molecule has 0 saturated carbocycles. The lowest BCUT2D eigenvalue weighted by Crippen LogP contribution is -2.32. The smallest absolute Gasteiger partial charge is 0.278 e. The number of carbonyl (C=O) groups is 2. The van der Waals surface area contributed by atoms with Crippen LogP contribution in [-0.4, -0.2) is 21.7 Å². The molecule has 2 aromatic carbocycles. The maximum atomic E-state index is 13.4. The third-order valence-electron chi connectivity index (χ3n) is 5.17. The van der Waals surface area contributed by atoms with Crippen LogP contribution in [0.2, 0.25) is 0 Å². The van der Waals surface area contributed by atoms with Gasteiger partial charge in [-0.3, -0.25) is 19.5 Å². The number of amides is 2. The molecule has 0 bridgehead atoms. The molecule has 1 aliphatic rings. The van der Waals surface area contributed by atoms with Crippen molar-refractivity contribution in [2.45, 2.75) is 27.3 Å². The number of pyridine rings is 1. The minimum atomic E-state index is -0.333. The number of anilines is 1. The predicted molar refractivity (Wildman–Crippen MR) is 117 cm³/mol. The van der Waals surface area contributed by atoms with Crippen molar-refractivity contribution in [1.82, 2.24) is 9.88 Å². The first-order valence-electron chi connectivity index (χ1n) is 9.85. The first kappa shape index (κ1) is 19.6. The normalized spacial score (nSPS) is 13.9. The minimum absolute atomic E-state index is 0.179. The molecule has 0 fully saturated rings. The van der Waals surface area contributed by atoms with E-state index in [2.05, 4.69) is 10.3 Å². The molecule has 2 heterocycles. The SMILES string of the molecule is Cc1cccc(NC2=C(c3ccc(C)cc3C)C(=O)N(Cc3cccnc3)C2=O)c1. The molecule has 5 heteroatoms. The molecule has 30 heavy (non-hydrogen) atoms. The lowest BCUT2D eigenvalue weighted by atomic mass is 9.97. The Morgan fingerprint density at radius 2 is 1.70 bits per heavy atom. The van der Waals surface area contributed by atoms with Crippen LogP contribution in [0.1, 0.15) is 27.8 Å². The molecular weight excluding hydrogens is 374 g/mol. The third-order valence-corrected chi connectivity index (χ3v) is 5.17. The maximum Gasteiger partial charge on any atom is 0.278 e. The van der Waals surface area contributed by atoms with Gasteiger partial charge in [-0.15, -0.1) is 0 Å². The molecule has 0 radical (unpaired) electrons. The molecular formula is C25H23N3O2. The van der Waals surface area contributed by atoms with Crippen molar-refractivity contribution in [2.24, 2.45) is 0 Å². The molecule has 0 aliphatic carbocycles. The Kier molecular flexibility index (Phi) is 5.19. The van der Waals surface area contributed by atoms with E-state index in [4.69, 9.17) is 0 Å². The van der Waals surface area contributed by atoms with Crippen LogP contribution in [0.5, 0.6) is 0 Å². The fourth-order valence-corrected chi connectivity index (χ4v) is 3.72. The summed E-state index contributed by atoms with van der Waals surface area (Å²) in [7, 11) is 0. The number of carbonyl (C=O) groups excluding carboxylic acids is 2. The molecule has 0 spiro atoms. The van der Waals surface area contributed by atoms with Gasteiger partial charge in [0.1, 0.15) is 5.70 Å². The molecule has 1 aromatic heterocycles. The fourth-order valence-electron chi connectivity index (χ4n) is 3.72. The Balaban J connectivity index is 1.79.